The highest BCUT2D eigenvalue weighted by Crippen LogP contribution is 2.26. The Balaban J connectivity index is 0.00000192. The van der Waals surface area contributed by atoms with Crippen LogP contribution in [0.15, 0.2) is 30.3 Å². The van der Waals surface area contributed by atoms with Crippen LogP contribution in [0.2, 0.25) is 0 Å². The number of amides is 2. The second-order valence-corrected chi connectivity index (χ2v) is 6.23. The Morgan fingerprint density at radius 3 is 2.70 bits per heavy atom. The van der Waals surface area contributed by atoms with E-state index in [2.05, 4.69) is 10.6 Å². The lowest BCUT2D eigenvalue weighted by molar-refractivity contribution is -0.129. The van der Waals surface area contributed by atoms with E-state index in [1.54, 1.807) is 4.90 Å². The van der Waals surface area contributed by atoms with Crippen LogP contribution in [-0.4, -0.2) is 37.0 Å². The highest BCUT2D eigenvalue weighted by Gasteiger charge is 2.39. The topological polar surface area (TPSA) is 61.4 Å². The maximum absolute atomic E-state index is 12.6. The van der Waals surface area contributed by atoms with Gasteiger partial charge >= 0.3 is 0 Å². The van der Waals surface area contributed by atoms with Gasteiger partial charge in [-0.05, 0) is 44.9 Å². The number of nitrogens with one attached hydrogen (secondary N) is 2. The van der Waals surface area contributed by atoms with Gasteiger partial charge in [0.2, 0.25) is 11.8 Å². The van der Waals surface area contributed by atoms with E-state index >= 15 is 0 Å². The van der Waals surface area contributed by atoms with Crippen molar-refractivity contribution in [2.24, 2.45) is 5.92 Å². The lowest BCUT2D eigenvalue weighted by atomic mass is 9.98. The van der Waals surface area contributed by atoms with E-state index in [4.69, 9.17) is 0 Å². The molecule has 2 amide bonds. The van der Waals surface area contributed by atoms with Gasteiger partial charge in [-0.15, -0.1) is 12.4 Å². The zero-order valence-electron chi connectivity index (χ0n) is 13.3. The monoisotopic (exact) mass is 337 g/mol. The molecule has 3 unspecified atom stereocenters. The summed E-state index contributed by atoms with van der Waals surface area (Å²) in [6.45, 7) is 3.72. The van der Waals surface area contributed by atoms with Crippen molar-refractivity contribution in [1.82, 2.24) is 10.6 Å². The molecule has 6 heteroatoms. The number of para-hydroxylation sites is 1. The lowest BCUT2D eigenvalue weighted by Crippen LogP contribution is -2.47. The normalized spacial score (nSPS) is 27.4. The standard InChI is InChI=1S/C17H23N3O2.ClH/c1-12-10-15(19-16(21)13-6-5-9-18-11-13)17(22)20(12)14-7-3-2-4-8-14;/h2-4,7-8,12-13,15,18H,5-6,9-11H2,1H3,(H,19,21);1H. The van der Waals surface area contributed by atoms with Gasteiger partial charge in [-0.25, -0.2) is 0 Å². The van der Waals surface area contributed by atoms with Crippen molar-refractivity contribution < 1.29 is 9.59 Å². The van der Waals surface area contributed by atoms with Crippen LogP contribution in [0, 0.1) is 5.92 Å². The SMILES string of the molecule is CC1CC(NC(=O)C2CCCNC2)C(=O)N1c1ccccc1.Cl. The van der Waals surface area contributed by atoms with Gasteiger partial charge in [0, 0.05) is 18.3 Å². The molecule has 2 fully saturated rings. The van der Waals surface area contributed by atoms with E-state index in [0.717, 1.165) is 25.1 Å². The van der Waals surface area contributed by atoms with Crippen molar-refractivity contribution in [3.63, 3.8) is 0 Å². The summed E-state index contributed by atoms with van der Waals surface area (Å²) in [5.74, 6) is -0.00823. The fraction of sp³-hybridized carbons (Fsp3) is 0.529. The number of halogens is 1. The van der Waals surface area contributed by atoms with E-state index in [9.17, 15) is 9.59 Å². The van der Waals surface area contributed by atoms with E-state index < -0.39 is 6.04 Å². The zero-order valence-corrected chi connectivity index (χ0v) is 14.1. The molecule has 0 bridgehead atoms. The van der Waals surface area contributed by atoms with Crippen molar-refractivity contribution in [2.45, 2.75) is 38.3 Å². The molecule has 126 valence electrons. The molecule has 2 N–H and O–H groups in total. The van der Waals surface area contributed by atoms with Gasteiger partial charge < -0.3 is 15.5 Å². The van der Waals surface area contributed by atoms with Crippen LogP contribution in [0.3, 0.4) is 0 Å². The van der Waals surface area contributed by atoms with E-state index in [1.807, 2.05) is 37.3 Å². The molecule has 3 rings (SSSR count). The van der Waals surface area contributed by atoms with Crippen molar-refractivity contribution >= 4 is 29.9 Å². The number of carbonyl (C=O) groups is 2. The molecule has 2 aliphatic rings. The summed E-state index contributed by atoms with van der Waals surface area (Å²) in [6, 6.07) is 9.36. The number of hydrogen-bond donors (Lipinski definition) is 2. The Labute approximate surface area is 143 Å². The van der Waals surface area contributed by atoms with Gasteiger partial charge in [-0.1, -0.05) is 18.2 Å². The summed E-state index contributed by atoms with van der Waals surface area (Å²) < 4.78 is 0. The minimum Gasteiger partial charge on any atom is -0.344 e. The predicted molar refractivity (Wildman–Crippen MR) is 92.8 cm³/mol. The molecular formula is C17H24ClN3O2. The molecule has 2 aliphatic heterocycles. The average molecular weight is 338 g/mol. The average Bonchev–Trinajstić information content (AvgIpc) is 2.83. The van der Waals surface area contributed by atoms with Gasteiger partial charge in [-0.2, -0.15) is 0 Å². The number of carbonyl (C=O) groups excluding carboxylic acids is 2. The molecule has 1 aromatic rings. The molecule has 2 saturated heterocycles. The van der Waals surface area contributed by atoms with Crippen LogP contribution in [-0.2, 0) is 9.59 Å². The van der Waals surface area contributed by atoms with Crippen molar-refractivity contribution in [1.29, 1.82) is 0 Å². The summed E-state index contributed by atoms with van der Waals surface area (Å²) in [6.07, 6.45) is 2.58. The highest BCUT2D eigenvalue weighted by atomic mass is 35.5. The van der Waals surface area contributed by atoms with Crippen LogP contribution in [0.4, 0.5) is 5.69 Å². The van der Waals surface area contributed by atoms with Crippen molar-refractivity contribution in [3.05, 3.63) is 30.3 Å². The first-order valence-corrected chi connectivity index (χ1v) is 8.06. The molecule has 23 heavy (non-hydrogen) atoms. The summed E-state index contributed by atoms with van der Waals surface area (Å²) in [4.78, 5) is 26.8. The van der Waals surface area contributed by atoms with Crippen LogP contribution in [0.5, 0.6) is 0 Å². The fourth-order valence-electron chi connectivity index (χ4n) is 3.39. The summed E-state index contributed by atoms with van der Waals surface area (Å²) in [7, 11) is 0. The van der Waals surface area contributed by atoms with Crippen LogP contribution < -0.4 is 15.5 Å². The number of hydrogen-bond acceptors (Lipinski definition) is 3. The second-order valence-electron chi connectivity index (χ2n) is 6.23. The molecule has 0 aromatic heterocycles. The maximum atomic E-state index is 12.6. The number of nitrogens with zero attached hydrogens (tertiary/aromatic N) is 1. The Kier molecular flexibility index (Phi) is 6.02. The second kappa shape index (κ2) is 7.79. The first-order valence-electron chi connectivity index (χ1n) is 8.06. The number of rotatable bonds is 3. The lowest BCUT2D eigenvalue weighted by Gasteiger charge is -2.24. The minimum absolute atomic E-state index is 0. The number of benzene rings is 1. The van der Waals surface area contributed by atoms with Gasteiger partial charge in [0.05, 0.1) is 5.92 Å². The molecule has 5 nitrogen and oxygen atoms in total. The van der Waals surface area contributed by atoms with Crippen molar-refractivity contribution in [2.75, 3.05) is 18.0 Å². The first kappa shape index (κ1) is 17.8. The largest absolute Gasteiger partial charge is 0.344 e. The van der Waals surface area contributed by atoms with Crippen LogP contribution >= 0.6 is 12.4 Å². The molecule has 0 saturated carbocycles. The molecular weight excluding hydrogens is 314 g/mol. The Bertz CT molecular complexity index is 546. The molecule has 0 spiro atoms. The Hall–Kier alpha value is -1.59. The first-order chi connectivity index (χ1) is 10.7. The van der Waals surface area contributed by atoms with E-state index in [1.165, 1.54) is 0 Å². The van der Waals surface area contributed by atoms with Gasteiger partial charge in [0.15, 0.2) is 0 Å². The molecule has 3 atom stereocenters. The quantitative estimate of drug-likeness (QED) is 0.883. The molecule has 2 heterocycles. The third kappa shape index (κ3) is 3.85. The van der Waals surface area contributed by atoms with E-state index in [0.29, 0.717) is 13.0 Å². The summed E-state index contributed by atoms with van der Waals surface area (Å²) in [5.41, 5.74) is 0.899. The highest BCUT2D eigenvalue weighted by molar-refractivity contribution is 6.02. The fourth-order valence-corrected chi connectivity index (χ4v) is 3.39. The number of piperidine rings is 1. The molecule has 1 aromatic carbocycles. The maximum Gasteiger partial charge on any atom is 0.249 e. The number of anilines is 1. The summed E-state index contributed by atoms with van der Waals surface area (Å²) >= 11 is 0. The van der Waals surface area contributed by atoms with Gasteiger partial charge in [0.25, 0.3) is 0 Å². The van der Waals surface area contributed by atoms with Gasteiger partial charge in [-0.3, -0.25) is 9.59 Å². The van der Waals surface area contributed by atoms with Crippen LogP contribution in [0.25, 0.3) is 0 Å². The third-order valence-corrected chi connectivity index (χ3v) is 4.57. The molecule has 0 aliphatic carbocycles. The van der Waals surface area contributed by atoms with Gasteiger partial charge in [0.1, 0.15) is 6.04 Å². The smallest absolute Gasteiger partial charge is 0.249 e. The van der Waals surface area contributed by atoms with E-state index in [-0.39, 0.29) is 36.2 Å². The Morgan fingerprint density at radius 2 is 2.04 bits per heavy atom. The zero-order chi connectivity index (χ0) is 15.5. The summed E-state index contributed by atoms with van der Waals surface area (Å²) in [5, 5.41) is 6.20. The minimum atomic E-state index is -0.398. The Morgan fingerprint density at radius 1 is 1.30 bits per heavy atom. The van der Waals surface area contributed by atoms with Crippen molar-refractivity contribution in [3.8, 4) is 0 Å². The molecule has 0 radical (unpaired) electrons. The third-order valence-electron chi connectivity index (χ3n) is 4.57. The van der Waals surface area contributed by atoms with Crippen LogP contribution in [0.1, 0.15) is 26.2 Å². The predicted octanol–water partition coefficient (Wildman–Crippen LogP) is 1.72.